The summed E-state index contributed by atoms with van der Waals surface area (Å²) in [7, 11) is 7.18. The zero-order chi connectivity index (χ0) is 20.3. The van der Waals surface area contributed by atoms with Gasteiger partial charge in [-0.2, -0.15) is 5.10 Å². The van der Waals surface area contributed by atoms with Crippen LogP contribution in [0.25, 0.3) is 10.2 Å². The third kappa shape index (κ3) is 3.81. The van der Waals surface area contributed by atoms with E-state index in [4.69, 9.17) is 14.5 Å². The van der Waals surface area contributed by atoms with E-state index in [1.54, 1.807) is 36.1 Å². The monoisotopic (exact) mass is 403 g/mol. The molecule has 0 radical (unpaired) electrons. The minimum absolute atomic E-state index is 0.127. The van der Waals surface area contributed by atoms with Crippen LogP contribution >= 0.6 is 11.3 Å². The first kappa shape index (κ1) is 20.1. The highest BCUT2D eigenvalue weighted by molar-refractivity contribution is 7.22. The minimum Gasteiger partial charge on any atom is -0.495 e. The van der Waals surface area contributed by atoms with Crippen LogP contribution in [0.15, 0.2) is 24.4 Å². The van der Waals surface area contributed by atoms with Gasteiger partial charge in [-0.1, -0.05) is 11.3 Å². The predicted molar refractivity (Wildman–Crippen MR) is 111 cm³/mol. The van der Waals surface area contributed by atoms with Crippen molar-refractivity contribution in [2.75, 3.05) is 46.3 Å². The molecule has 0 saturated carbocycles. The second kappa shape index (κ2) is 8.57. The van der Waals surface area contributed by atoms with Gasteiger partial charge in [-0.05, 0) is 39.2 Å². The molecule has 0 spiro atoms. The van der Waals surface area contributed by atoms with Crippen LogP contribution in [0.5, 0.6) is 11.5 Å². The third-order valence-electron chi connectivity index (χ3n) is 4.38. The molecule has 0 aliphatic carbocycles. The summed E-state index contributed by atoms with van der Waals surface area (Å²) in [5.74, 6) is 1.23. The van der Waals surface area contributed by atoms with Gasteiger partial charge in [0.25, 0.3) is 5.91 Å². The Morgan fingerprint density at radius 3 is 2.50 bits per heavy atom. The van der Waals surface area contributed by atoms with Gasteiger partial charge < -0.3 is 14.4 Å². The normalized spacial score (nSPS) is 11.2. The number of thiazole rings is 1. The Kier molecular flexibility index (Phi) is 6.15. The maximum absolute atomic E-state index is 13.3. The van der Waals surface area contributed by atoms with Gasteiger partial charge in [0.15, 0.2) is 5.13 Å². The summed E-state index contributed by atoms with van der Waals surface area (Å²) in [5.41, 5.74) is 1.23. The number of aromatic nitrogens is 3. The number of likely N-dealkylation sites (N-methyl/N-ethyl adjacent to an activating group) is 1. The van der Waals surface area contributed by atoms with Gasteiger partial charge in [-0.25, -0.2) is 4.98 Å². The molecule has 0 bridgehead atoms. The smallest absolute Gasteiger partial charge is 0.278 e. The number of anilines is 1. The Balaban J connectivity index is 2.08. The minimum atomic E-state index is -0.127. The lowest BCUT2D eigenvalue weighted by molar-refractivity contribution is 0.0975. The fourth-order valence-corrected chi connectivity index (χ4v) is 3.98. The van der Waals surface area contributed by atoms with Gasteiger partial charge in [-0.3, -0.25) is 14.4 Å². The SMILES string of the molecule is CCn1nccc1C(=O)N(CCN(C)C)c1nc2c(OC)ccc(OC)c2s1. The number of aryl methyl sites for hydroxylation is 1. The molecule has 9 heteroatoms. The molecule has 2 heterocycles. The molecule has 0 unspecified atom stereocenters. The van der Waals surface area contributed by atoms with Crippen molar-refractivity contribution in [2.45, 2.75) is 13.5 Å². The van der Waals surface area contributed by atoms with E-state index in [1.165, 1.54) is 11.3 Å². The highest BCUT2D eigenvalue weighted by Crippen LogP contribution is 2.40. The summed E-state index contributed by atoms with van der Waals surface area (Å²) in [6, 6.07) is 5.41. The number of ether oxygens (including phenoxy) is 2. The maximum Gasteiger partial charge on any atom is 0.278 e. The van der Waals surface area contributed by atoms with E-state index in [2.05, 4.69) is 5.10 Å². The molecule has 1 amide bonds. The van der Waals surface area contributed by atoms with Crippen LogP contribution in [-0.2, 0) is 6.54 Å². The first-order chi connectivity index (χ1) is 13.5. The molecule has 3 rings (SSSR count). The number of fused-ring (bicyclic) bond motifs is 1. The Morgan fingerprint density at radius 2 is 1.86 bits per heavy atom. The van der Waals surface area contributed by atoms with Crippen molar-refractivity contribution in [3.63, 3.8) is 0 Å². The molecule has 150 valence electrons. The summed E-state index contributed by atoms with van der Waals surface area (Å²) < 4.78 is 13.5. The summed E-state index contributed by atoms with van der Waals surface area (Å²) in [6.45, 7) is 3.79. The molecule has 0 aliphatic heterocycles. The zero-order valence-electron chi connectivity index (χ0n) is 16.8. The van der Waals surface area contributed by atoms with E-state index in [9.17, 15) is 4.79 Å². The third-order valence-corrected chi connectivity index (χ3v) is 5.47. The summed E-state index contributed by atoms with van der Waals surface area (Å²) in [5, 5.41) is 4.83. The van der Waals surface area contributed by atoms with Gasteiger partial charge in [0.05, 0.1) is 14.2 Å². The highest BCUT2D eigenvalue weighted by Gasteiger charge is 2.25. The fourth-order valence-electron chi connectivity index (χ4n) is 2.88. The average Bonchev–Trinajstić information content (AvgIpc) is 3.33. The van der Waals surface area contributed by atoms with Crippen LogP contribution in [0, 0.1) is 0 Å². The van der Waals surface area contributed by atoms with Crippen molar-refractivity contribution < 1.29 is 14.3 Å². The van der Waals surface area contributed by atoms with E-state index in [-0.39, 0.29) is 5.91 Å². The Hall–Kier alpha value is -2.65. The molecule has 8 nitrogen and oxygen atoms in total. The van der Waals surface area contributed by atoms with Crippen molar-refractivity contribution in [3.05, 3.63) is 30.1 Å². The second-order valence-corrected chi connectivity index (χ2v) is 7.41. The number of rotatable bonds is 8. The number of carbonyl (C=O) groups is 1. The van der Waals surface area contributed by atoms with E-state index < -0.39 is 0 Å². The largest absolute Gasteiger partial charge is 0.495 e. The molecule has 0 aliphatic rings. The first-order valence-electron chi connectivity index (χ1n) is 9.00. The van der Waals surface area contributed by atoms with E-state index in [0.29, 0.717) is 47.5 Å². The number of benzene rings is 1. The summed E-state index contributed by atoms with van der Waals surface area (Å²) in [4.78, 5) is 21.8. The van der Waals surface area contributed by atoms with Crippen molar-refractivity contribution in [1.82, 2.24) is 19.7 Å². The lowest BCUT2D eigenvalue weighted by atomic mass is 10.3. The Labute approximate surface area is 168 Å². The molecule has 0 saturated heterocycles. The molecule has 0 fully saturated rings. The van der Waals surface area contributed by atoms with Crippen molar-refractivity contribution >= 4 is 32.6 Å². The molecule has 0 N–H and O–H groups in total. The van der Waals surface area contributed by atoms with Gasteiger partial charge in [-0.15, -0.1) is 0 Å². The van der Waals surface area contributed by atoms with Crippen LogP contribution in [0.1, 0.15) is 17.4 Å². The van der Waals surface area contributed by atoms with Crippen molar-refractivity contribution in [2.24, 2.45) is 0 Å². The number of methoxy groups -OCH3 is 2. The fraction of sp³-hybridized carbons (Fsp3) is 0.421. The van der Waals surface area contributed by atoms with E-state index in [1.807, 2.05) is 38.1 Å². The molecular formula is C19H25N5O3S. The van der Waals surface area contributed by atoms with Crippen molar-refractivity contribution in [3.8, 4) is 11.5 Å². The first-order valence-corrected chi connectivity index (χ1v) is 9.81. The number of amides is 1. The van der Waals surface area contributed by atoms with Crippen LogP contribution in [-0.4, -0.2) is 67.0 Å². The van der Waals surface area contributed by atoms with Gasteiger partial charge in [0, 0.05) is 25.8 Å². The quantitative estimate of drug-likeness (QED) is 0.576. The van der Waals surface area contributed by atoms with E-state index >= 15 is 0 Å². The topological polar surface area (TPSA) is 72.7 Å². The number of hydrogen-bond donors (Lipinski definition) is 0. The Morgan fingerprint density at radius 1 is 1.14 bits per heavy atom. The predicted octanol–water partition coefficient (Wildman–Crippen LogP) is 2.74. The number of nitrogens with zero attached hydrogens (tertiary/aromatic N) is 5. The van der Waals surface area contributed by atoms with Gasteiger partial charge in [0.1, 0.15) is 27.4 Å². The van der Waals surface area contributed by atoms with Crippen LogP contribution in [0.4, 0.5) is 5.13 Å². The highest BCUT2D eigenvalue weighted by atomic mass is 32.1. The molecule has 28 heavy (non-hydrogen) atoms. The lowest BCUT2D eigenvalue weighted by Gasteiger charge is -2.22. The summed E-state index contributed by atoms with van der Waals surface area (Å²) in [6.07, 6.45) is 1.64. The standard InChI is InChI=1S/C19H25N5O3S/c1-6-24-13(9-10-20-24)18(25)23(12-11-22(2)3)19-21-16-14(26-4)7-8-15(27-5)17(16)28-19/h7-10H,6,11-12H2,1-5H3. The molecule has 0 atom stereocenters. The number of hydrogen-bond acceptors (Lipinski definition) is 7. The second-order valence-electron chi connectivity index (χ2n) is 6.44. The Bertz CT molecular complexity index is 925. The molecule has 3 aromatic rings. The summed E-state index contributed by atoms with van der Waals surface area (Å²) >= 11 is 1.42. The average molecular weight is 404 g/mol. The van der Waals surface area contributed by atoms with Gasteiger partial charge in [0.2, 0.25) is 0 Å². The van der Waals surface area contributed by atoms with Gasteiger partial charge >= 0.3 is 0 Å². The number of carbonyl (C=O) groups excluding carboxylic acids is 1. The van der Waals surface area contributed by atoms with Crippen molar-refractivity contribution in [1.29, 1.82) is 0 Å². The molecular weight excluding hydrogens is 378 g/mol. The zero-order valence-corrected chi connectivity index (χ0v) is 17.6. The maximum atomic E-state index is 13.3. The van der Waals surface area contributed by atoms with Crippen LogP contribution < -0.4 is 14.4 Å². The molecule has 2 aromatic heterocycles. The molecule has 1 aromatic carbocycles. The van der Waals surface area contributed by atoms with Crippen LogP contribution in [0.2, 0.25) is 0 Å². The van der Waals surface area contributed by atoms with Crippen LogP contribution in [0.3, 0.4) is 0 Å². The van der Waals surface area contributed by atoms with E-state index in [0.717, 1.165) is 4.70 Å². The lowest BCUT2D eigenvalue weighted by Crippen LogP contribution is -2.37.